The second-order valence-electron chi connectivity index (χ2n) is 6.51. The van der Waals surface area contributed by atoms with Crippen molar-refractivity contribution in [1.29, 1.82) is 0 Å². The van der Waals surface area contributed by atoms with Crippen LogP contribution in [0.15, 0.2) is 0 Å². The Balaban J connectivity index is 0. The maximum absolute atomic E-state index is 11.1. The van der Waals surface area contributed by atoms with Crippen LogP contribution in [0.3, 0.4) is 0 Å². The molecule has 0 amide bonds. The van der Waals surface area contributed by atoms with Gasteiger partial charge < -0.3 is 10.5 Å². The average molecular weight is 350 g/mol. The topological polar surface area (TPSA) is 52.3 Å². The van der Waals surface area contributed by atoms with Gasteiger partial charge in [-0.1, -0.05) is 96.8 Å². The van der Waals surface area contributed by atoms with E-state index in [1.54, 1.807) is 0 Å². The molecule has 0 saturated carbocycles. The zero-order valence-corrected chi connectivity index (χ0v) is 16.3. The molecule has 0 rings (SSSR count). The molecule has 0 fully saturated rings. The van der Waals surface area contributed by atoms with Crippen molar-refractivity contribution in [2.75, 3.05) is 7.11 Å². The third-order valence-corrected chi connectivity index (χ3v) is 4.37. The first-order valence-corrected chi connectivity index (χ1v) is 9.55. The zero-order valence-electron chi connectivity index (χ0n) is 15.5. The van der Waals surface area contributed by atoms with Crippen LogP contribution in [0.25, 0.3) is 0 Å². The van der Waals surface area contributed by atoms with Gasteiger partial charge in [0.05, 0.1) is 7.11 Å². The third-order valence-electron chi connectivity index (χ3n) is 4.37. The highest BCUT2D eigenvalue weighted by molar-refractivity contribution is 5.85. The summed E-state index contributed by atoms with van der Waals surface area (Å²) in [6.07, 6.45) is 19.6. The van der Waals surface area contributed by atoms with Crippen molar-refractivity contribution in [3.05, 3.63) is 0 Å². The van der Waals surface area contributed by atoms with Crippen LogP contribution < -0.4 is 5.73 Å². The largest absolute Gasteiger partial charge is 0.468 e. The Morgan fingerprint density at radius 1 is 0.783 bits per heavy atom. The first-order chi connectivity index (χ1) is 10.7. The summed E-state index contributed by atoms with van der Waals surface area (Å²) < 4.78 is 4.62. The Labute approximate surface area is 150 Å². The van der Waals surface area contributed by atoms with Gasteiger partial charge in [0.15, 0.2) is 0 Å². The minimum atomic E-state index is -0.428. The molecular weight excluding hydrogens is 310 g/mol. The first kappa shape index (κ1) is 25.0. The van der Waals surface area contributed by atoms with Gasteiger partial charge in [-0.2, -0.15) is 0 Å². The smallest absolute Gasteiger partial charge is 0.322 e. The molecule has 0 aliphatic heterocycles. The Hall–Kier alpha value is -0.280. The molecule has 0 aromatic heterocycles. The molecule has 1 atom stereocenters. The summed E-state index contributed by atoms with van der Waals surface area (Å²) in [4.78, 5) is 11.1. The predicted octanol–water partition coefficient (Wildman–Crippen LogP) is 5.78. The quantitative estimate of drug-likeness (QED) is 0.284. The SMILES string of the molecule is CCCCCCCCCCCCCCCCC(N)C(=O)OC.Cl. The molecular formula is C19H40ClNO2. The number of methoxy groups -OCH3 is 1. The van der Waals surface area contributed by atoms with Crippen LogP contribution in [-0.4, -0.2) is 19.1 Å². The standard InChI is InChI=1S/C19H39NO2.ClH/c1-3-4-5-6-7-8-9-10-11-12-13-14-15-16-17-18(20)19(21)22-2;/h18H,3-17,20H2,1-2H3;1H. The van der Waals surface area contributed by atoms with Gasteiger partial charge in [0, 0.05) is 0 Å². The number of esters is 1. The molecule has 0 bridgehead atoms. The molecule has 0 aliphatic rings. The summed E-state index contributed by atoms with van der Waals surface area (Å²) in [5.41, 5.74) is 5.70. The van der Waals surface area contributed by atoms with E-state index in [9.17, 15) is 4.79 Å². The fourth-order valence-electron chi connectivity index (χ4n) is 2.83. The Kier molecular flexibility index (Phi) is 21.5. The van der Waals surface area contributed by atoms with E-state index >= 15 is 0 Å². The van der Waals surface area contributed by atoms with Crippen molar-refractivity contribution in [1.82, 2.24) is 0 Å². The number of rotatable bonds is 16. The fraction of sp³-hybridized carbons (Fsp3) is 0.947. The van der Waals surface area contributed by atoms with Crippen LogP contribution >= 0.6 is 12.4 Å². The van der Waals surface area contributed by atoms with Gasteiger partial charge in [0.1, 0.15) is 6.04 Å². The fourth-order valence-corrected chi connectivity index (χ4v) is 2.83. The molecule has 140 valence electrons. The number of hydrogen-bond acceptors (Lipinski definition) is 3. The number of carbonyl (C=O) groups excluding carboxylic acids is 1. The van der Waals surface area contributed by atoms with E-state index in [2.05, 4.69) is 11.7 Å². The Morgan fingerprint density at radius 3 is 1.48 bits per heavy atom. The van der Waals surface area contributed by atoms with Gasteiger partial charge >= 0.3 is 5.97 Å². The first-order valence-electron chi connectivity index (χ1n) is 9.55. The van der Waals surface area contributed by atoms with Crippen molar-refractivity contribution in [2.45, 2.75) is 109 Å². The predicted molar refractivity (Wildman–Crippen MR) is 102 cm³/mol. The number of halogens is 1. The van der Waals surface area contributed by atoms with Gasteiger partial charge in [0.25, 0.3) is 0 Å². The van der Waals surface area contributed by atoms with E-state index in [1.807, 2.05) is 0 Å². The lowest BCUT2D eigenvalue weighted by atomic mass is 10.0. The molecule has 3 nitrogen and oxygen atoms in total. The van der Waals surface area contributed by atoms with Crippen LogP contribution in [0.2, 0.25) is 0 Å². The zero-order chi connectivity index (χ0) is 16.5. The van der Waals surface area contributed by atoms with Crippen LogP contribution in [-0.2, 0) is 9.53 Å². The van der Waals surface area contributed by atoms with Gasteiger partial charge in [-0.25, -0.2) is 0 Å². The van der Waals surface area contributed by atoms with Crippen molar-refractivity contribution < 1.29 is 9.53 Å². The number of hydrogen-bond donors (Lipinski definition) is 1. The second-order valence-corrected chi connectivity index (χ2v) is 6.51. The van der Waals surface area contributed by atoms with Crippen molar-refractivity contribution in [2.24, 2.45) is 5.73 Å². The summed E-state index contributed by atoms with van der Waals surface area (Å²) in [6, 6.07) is -0.428. The van der Waals surface area contributed by atoms with Gasteiger partial charge in [-0.05, 0) is 6.42 Å². The number of nitrogens with two attached hydrogens (primary N) is 1. The number of carbonyl (C=O) groups is 1. The lowest BCUT2D eigenvalue weighted by Gasteiger charge is -2.08. The molecule has 1 unspecified atom stereocenters. The van der Waals surface area contributed by atoms with E-state index in [4.69, 9.17) is 5.73 Å². The molecule has 0 aromatic carbocycles. The van der Waals surface area contributed by atoms with Crippen molar-refractivity contribution in [3.8, 4) is 0 Å². The summed E-state index contributed by atoms with van der Waals surface area (Å²) in [6.45, 7) is 2.27. The summed E-state index contributed by atoms with van der Waals surface area (Å²) in [7, 11) is 1.40. The van der Waals surface area contributed by atoms with E-state index in [1.165, 1.54) is 90.6 Å². The average Bonchev–Trinajstić information content (AvgIpc) is 2.54. The number of unbranched alkanes of at least 4 members (excludes halogenated alkanes) is 13. The lowest BCUT2D eigenvalue weighted by molar-refractivity contribution is -0.142. The third kappa shape index (κ3) is 17.9. The Morgan fingerprint density at radius 2 is 1.13 bits per heavy atom. The summed E-state index contributed by atoms with van der Waals surface area (Å²) in [5.74, 6) is -0.283. The monoisotopic (exact) mass is 349 g/mol. The van der Waals surface area contributed by atoms with Crippen molar-refractivity contribution >= 4 is 18.4 Å². The molecule has 0 aliphatic carbocycles. The maximum atomic E-state index is 11.1. The maximum Gasteiger partial charge on any atom is 0.322 e. The number of ether oxygens (including phenoxy) is 1. The van der Waals surface area contributed by atoms with Crippen LogP contribution in [0.4, 0.5) is 0 Å². The Bertz CT molecular complexity index is 250. The molecule has 2 N–H and O–H groups in total. The van der Waals surface area contributed by atoms with E-state index in [0.29, 0.717) is 0 Å². The van der Waals surface area contributed by atoms with Crippen molar-refractivity contribution in [3.63, 3.8) is 0 Å². The van der Waals surface area contributed by atoms with E-state index < -0.39 is 6.04 Å². The molecule has 0 radical (unpaired) electrons. The van der Waals surface area contributed by atoms with Crippen LogP contribution in [0, 0.1) is 0 Å². The normalized spacial score (nSPS) is 11.8. The molecule has 0 aromatic rings. The van der Waals surface area contributed by atoms with Gasteiger partial charge in [-0.15, -0.1) is 12.4 Å². The van der Waals surface area contributed by atoms with Crippen LogP contribution in [0.5, 0.6) is 0 Å². The molecule has 0 heterocycles. The second kappa shape index (κ2) is 19.8. The molecule has 4 heteroatoms. The van der Waals surface area contributed by atoms with E-state index in [0.717, 1.165) is 12.8 Å². The molecule has 23 heavy (non-hydrogen) atoms. The van der Waals surface area contributed by atoms with E-state index in [-0.39, 0.29) is 18.4 Å². The summed E-state index contributed by atoms with van der Waals surface area (Å²) in [5, 5.41) is 0. The minimum absolute atomic E-state index is 0. The van der Waals surface area contributed by atoms with Crippen LogP contribution in [0.1, 0.15) is 103 Å². The lowest BCUT2D eigenvalue weighted by Crippen LogP contribution is -2.31. The summed E-state index contributed by atoms with van der Waals surface area (Å²) >= 11 is 0. The highest BCUT2D eigenvalue weighted by atomic mass is 35.5. The van der Waals surface area contributed by atoms with Gasteiger partial charge in [-0.3, -0.25) is 4.79 Å². The van der Waals surface area contributed by atoms with Gasteiger partial charge in [0.2, 0.25) is 0 Å². The highest BCUT2D eigenvalue weighted by Crippen LogP contribution is 2.13. The molecule has 0 saturated heterocycles. The molecule has 0 spiro atoms. The highest BCUT2D eigenvalue weighted by Gasteiger charge is 2.12. The minimum Gasteiger partial charge on any atom is -0.468 e.